The first-order valence-corrected chi connectivity index (χ1v) is 8.05. The second-order valence-corrected chi connectivity index (χ2v) is 5.96. The van der Waals surface area contributed by atoms with Crippen LogP contribution in [-0.2, 0) is 11.3 Å². The highest BCUT2D eigenvalue weighted by Crippen LogP contribution is 2.23. The zero-order chi connectivity index (χ0) is 20.4. The Kier molecular flexibility index (Phi) is 5.48. The third kappa shape index (κ3) is 4.05. The van der Waals surface area contributed by atoms with Crippen molar-refractivity contribution >= 4 is 5.95 Å². The van der Waals surface area contributed by atoms with E-state index in [0.717, 1.165) is 22.9 Å². The minimum atomic E-state index is -1.64. The number of halogens is 5. The van der Waals surface area contributed by atoms with Gasteiger partial charge in [-0.2, -0.15) is 9.37 Å². The molecule has 0 bridgehead atoms. The summed E-state index contributed by atoms with van der Waals surface area (Å²) in [6.07, 6.45) is 2.15. The minimum Gasteiger partial charge on any atom is -0.497 e. The van der Waals surface area contributed by atoms with Gasteiger partial charge in [-0.1, -0.05) is 0 Å². The molecule has 1 aliphatic carbocycles. The Hall–Kier alpha value is -3.17. The van der Waals surface area contributed by atoms with Gasteiger partial charge in [0.05, 0.1) is 19.4 Å². The fraction of sp³-hybridized carbons (Fsp3) is 0.222. The van der Waals surface area contributed by atoms with Crippen molar-refractivity contribution in [3.63, 3.8) is 0 Å². The number of aromatic nitrogens is 2. The average molecular weight is 399 g/mol. The smallest absolute Gasteiger partial charge is 0.310 e. The van der Waals surface area contributed by atoms with Gasteiger partial charge in [0, 0.05) is 18.7 Å². The first-order valence-electron chi connectivity index (χ1n) is 8.05. The maximum atomic E-state index is 14.2. The highest BCUT2D eigenvalue weighted by atomic mass is 19.2. The molecule has 1 N–H and O–H groups in total. The number of alkyl halides is 1. The summed E-state index contributed by atoms with van der Waals surface area (Å²) < 4.78 is 73.9. The molecule has 148 valence electrons. The van der Waals surface area contributed by atoms with Gasteiger partial charge in [-0.15, -0.1) is 0 Å². The van der Waals surface area contributed by atoms with Gasteiger partial charge in [0.2, 0.25) is 11.8 Å². The molecule has 1 unspecified atom stereocenters. The molecule has 1 aliphatic rings. The Balaban J connectivity index is 1.98. The summed E-state index contributed by atoms with van der Waals surface area (Å²) in [5.41, 5.74) is -1.26. The molecule has 0 saturated heterocycles. The van der Waals surface area contributed by atoms with Gasteiger partial charge in [-0.25, -0.2) is 17.6 Å². The van der Waals surface area contributed by atoms with Crippen LogP contribution in [0.5, 0.6) is 0 Å². The predicted octanol–water partition coefficient (Wildman–Crippen LogP) is 3.42. The maximum Gasteiger partial charge on any atom is 0.310 e. The van der Waals surface area contributed by atoms with Crippen LogP contribution >= 0.6 is 0 Å². The Morgan fingerprint density at radius 2 is 1.89 bits per heavy atom. The number of hydrogen-bond acceptors (Lipinski definition) is 4. The van der Waals surface area contributed by atoms with Crippen molar-refractivity contribution in [2.75, 3.05) is 12.4 Å². The number of methoxy groups -OCH3 is 1. The number of rotatable bonds is 5. The number of anilines is 1. The summed E-state index contributed by atoms with van der Waals surface area (Å²) in [5, 5.41) is 2.58. The normalized spacial score (nSPS) is 16.4. The zero-order valence-corrected chi connectivity index (χ0v) is 14.5. The van der Waals surface area contributed by atoms with Gasteiger partial charge in [-0.05, 0) is 23.8 Å². The molecular weight excluding hydrogens is 385 g/mol. The number of benzene rings is 1. The van der Waals surface area contributed by atoms with Gasteiger partial charge in [-0.3, -0.25) is 4.79 Å². The third-order valence-corrected chi connectivity index (χ3v) is 4.00. The lowest BCUT2D eigenvalue weighted by molar-refractivity contribution is 0.292. The Bertz CT molecular complexity index is 1010. The predicted molar refractivity (Wildman–Crippen MR) is 90.2 cm³/mol. The lowest BCUT2D eigenvalue weighted by atomic mass is 10.1. The molecule has 1 heterocycles. The maximum absolute atomic E-state index is 14.2. The molecule has 1 aromatic heterocycles. The topological polar surface area (TPSA) is 56.1 Å². The van der Waals surface area contributed by atoms with E-state index < -0.39 is 35.0 Å². The van der Waals surface area contributed by atoms with Crippen molar-refractivity contribution in [3.05, 3.63) is 81.1 Å². The van der Waals surface area contributed by atoms with E-state index in [0.29, 0.717) is 5.76 Å². The number of allylic oxidation sites excluding steroid dienone is 3. The van der Waals surface area contributed by atoms with Gasteiger partial charge in [0.1, 0.15) is 11.9 Å². The Morgan fingerprint density at radius 1 is 1.21 bits per heavy atom. The molecule has 1 atom stereocenters. The Labute approximate surface area is 155 Å². The monoisotopic (exact) mass is 399 g/mol. The first-order chi connectivity index (χ1) is 13.3. The minimum absolute atomic E-state index is 0.00180. The van der Waals surface area contributed by atoms with Crippen molar-refractivity contribution in [1.82, 2.24) is 9.55 Å². The fourth-order valence-corrected chi connectivity index (χ4v) is 2.62. The summed E-state index contributed by atoms with van der Waals surface area (Å²) in [6.45, 7) is -0.363. The standard InChI is InChI=1S/C18H14F5N3O2/c1-28-10-2-3-11(19)15(6-10)24-18-25-17(27)14(22)8-26(18)7-9-4-12(20)16(23)13(21)5-9/h2,4-6,8,11H,3,7H2,1H3,(H,24,25,27). The van der Waals surface area contributed by atoms with Crippen LogP contribution in [0.4, 0.5) is 27.9 Å². The van der Waals surface area contributed by atoms with Crippen LogP contribution in [0, 0.1) is 23.3 Å². The van der Waals surface area contributed by atoms with Crippen LogP contribution in [0.3, 0.4) is 0 Å². The molecule has 0 aliphatic heterocycles. The zero-order valence-electron chi connectivity index (χ0n) is 14.5. The van der Waals surface area contributed by atoms with E-state index in [9.17, 15) is 26.7 Å². The van der Waals surface area contributed by atoms with Crippen LogP contribution in [0.1, 0.15) is 12.0 Å². The molecular formula is C18H14F5N3O2. The van der Waals surface area contributed by atoms with Crippen LogP contribution in [-0.4, -0.2) is 22.8 Å². The second kappa shape index (κ2) is 7.83. The third-order valence-electron chi connectivity index (χ3n) is 4.00. The molecule has 0 amide bonds. The number of hydrogen-bond donors (Lipinski definition) is 1. The van der Waals surface area contributed by atoms with Crippen molar-refractivity contribution < 1.29 is 26.7 Å². The second-order valence-electron chi connectivity index (χ2n) is 5.96. The highest BCUT2D eigenvalue weighted by Gasteiger charge is 2.20. The summed E-state index contributed by atoms with van der Waals surface area (Å²) in [7, 11) is 1.39. The van der Waals surface area contributed by atoms with E-state index in [1.165, 1.54) is 19.3 Å². The van der Waals surface area contributed by atoms with Gasteiger partial charge < -0.3 is 14.6 Å². The summed E-state index contributed by atoms with van der Waals surface area (Å²) >= 11 is 0. The molecule has 2 aromatic rings. The fourth-order valence-electron chi connectivity index (χ4n) is 2.62. The largest absolute Gasteiger partial charge is 0.497 e. The molecule has 0 spiro atoms. The van der Waals surface area contributed by atoms with Crippen LogP contribution < -0.4 is 10.9 Å². The molecule has 0 saturated carbocycles. The van der Waals surface area contributed by atoms with Crippen LogP contribution in [0.25, 0.3) is 0 Å². The van der Waals surface area contributed by atoms with Crippen LogP contribution in [0.15, 0.2) is 46.7 Å². The lowest BCUT2D eigenvalue weighted by Crippen LogP contribution is -2.24. The molecule has 28 heavy (non-hydrogen) atoms. The van der Waals surface area contributed by atoms with E-state index in [-0.39, 0.29) is 30.2 Å². The quantitative estimate of drug-likeness (QED) is 0.619. The van der Waals surface area contributed by atoms with Crippen LogP contribution in [0.2, 0.25) is 0 Å². The number of ether oxygens (including phenoxy) is 1. The molecule has 5 nitrogen and oxygen atoms in total. The lowest BCUT2D eigenvalue weighted by Gasteiger charge is -2.20. The number of nitrogens with one attached hydrogen (secondary N) is 1. The van der Waals surface area contributed by atoms with E-state index in [1.54, 1.807) is 0 Å². The van der Waals surface area contributed by atoms with E-state index in [1.807, 2.05) is 0 Å². The molecule has 3 rings (SSSR count). The Morgan fingerprint density at radius 3 is 2.54 bits per heavy atom. The number of nitrogens with zero attached hydrogens (tertiary/aromatic N) is 2. The highest BCUT2D eigenvalue weighted by molar-refractivity contribution is 5.42. The average Bonchev–Trinajstić information content (AvgIpc) is 2.65. The summed E-state index contributed by atoms with van der Waals surface area (Å²) in [4.78, 5) is 15.1. The van der Waals surface area contributed by atoms with E-state index in [4.69, 9.17) is 4.74 Å². The van der Waals surface area contributed by atoms with Crippen molar-refractivity contribution in [3.8, 4) is 0 Å². The summed E-state index contributed by atoms with van der Waals surface area (Å²) in [5.74, 6) is -5.60. The van der Waals surface area contributed by atoms with Crippen molar-refractivity contribution in [2.45, 2.75) is 19.1 Å². The van der Waals surface area contributed by atoms with E-state index in [2.05, 4.69) is 10.3 Å². The molecule has 10 heteroatoms. The first kappa shape index (κ1) is 19.6. The van der Waals surface area contributed by atoms with Crippen molar-refractivity contribution in [2.24, 2.45) is 0 Å². The van der Waals surface area contributed by atoms with Gasteiger partial charge in [0.25, 0.3) is 0 Å². The summed E-state index contributed by atoms with van der Waals surface area (Å²) in [6, 6.07) is 1.45. The van der Waals surface area contributed by atoms with Gasteiger partial charge >= 0.3 is 5.56 Å². The SMILES string of the molecule is COC1=CCC(F)C(Nc2nc(=O)c(F)cn2Cc2cc(F)c(F)c(F)c2)=C1. The van der Waals surface area contributed by atoms with Gasteiger partial charge in [0.15, 0.2) is 17.5 Å². The molecule has 0 fully saturated rings. The molecule has 1 aromatic carbocycles. The van der Waals surface area contributed by atoms with Crippen molar-refractivity contribution in [1.29, 1.82) is 0 Å². The van der Waals surface area contributed by atoms with E-state index >= 15 is 0 Å². The molecule has 0 radical (unpaired) electrons.